The molecule has 6 nitrogen and oxygen atoms in total. The number of aromatic nitrogens is 3. The molecule has 1 N–H and O–H groups in total. The van der Waals surface area contributed by atoms with Gasteiger partial charge in [0, 0.05) is 25.1 Å². The lowest BCUT2D eigenvalue weighted by atomic mass is 10.1. The van der Waals surface area contributed by atoms with Gasteiger partial charge in [0.15, 0.2) is 0 Å². The fraction of sp³-hybridized carbons (Fsp3) is 0.500. The fourth-order valence-corrected chi connectivity index (χ4v) is 2.80. The van der Waals surface area contributed by atoms with E-state index in [0.717, 1.165) is 37.9 Å². The molecule has 106 valence electrons. The standard InChI is InChI=1S/C14H18N4O2/c19-13(20)12-5-2-1-3-7-17(12)9-11-10-18-8-4-6-15-14(18)16-11/h4,6,8,10,12H,1-3,5,7,9H2,(H,19,20). The van der Waals surface area contributed by atoms with Crippen LogP contribution in [-0.4, -0.2) is 42.9 Å². The number of hydrogen-bond acceptors (Lipinski definition) is 4. The summed E-state index contributed by atoms with van der Waals surface area (Å²) in [4.78, 5) is 22.1. The molecule has 0 aliphatic carbocycles. The number of fused-ring (bicyclic) bond motifs is 1. The van der Waals surface area contributed by atoms with Gasteiger partial charge in [0.05, 0.1) is 5.69 Å². The summed E-state index contributed by atoms with van der Waals surface area (Å²) in [5.41, 5.74) is 0.872. The van der Waals surface area contributed by atoms with Crippen molar-refractivity contribution in [3.05, 3.63) is 30.4 Å². The van der Waals surface area contributed by atoms with Crippen LogP contribution in [0.4, 0.5) is 0 Å². The van der Waals surface area contributed by atoms with E-state index in [0.29, 0.717) is 12.3 Å². The molecule has 1 saturated heterocycles. The van der Waals surface area contributed by atoms with Gasteiger partial charge in [-0.2, -0.15) is 0 Å². The van der Waals surface area contributed by atoms with Crippen molar-refractivity contribution in [2.75, 3.05) is 6.54 Å². The van der Waals surface area contributed by atoms with Gasteiger partial charge in [0.25, 0.3) is 0 Å². The molecule has 20 heavy (non-hydrogen) atoms. The molecule has 1 fully saturated rings. The second-order valence-electron chi connectivity index (χ2n) is 5.23. The Hall–Kier alpha value is -1.95. The Labute approximate surface area is 117 Å². The highest BCUT2D eigenvalue weighted by Crippen LogP contribution is 2.19. The smallest absolute Gasteiger partial charge is 0.320 e. The molecule has 0 radical (unpaired) electrons. The van der Waals surface area contributed by atoms with Gasteiger partial charge < -0.3 is 5.11 Å². The number of hydrogen-bond donors (Lipinski definition) is 1. The monoisotopic (exact) mass is 274 g/mol. The van der Waals surface area contributed by atoms with Crippen molar-refractivity contribution in [1.82, 2.24) is 19.3 Å². The minimum Gasteiger partial charge on any atom is -0.480 e. The highest BCUT2D eigenvalue weighted by Gasteiger charge is 2.27. The summed E-state index contributed by atoms with van der Waals surface area (Å²) in [6.45, 7) is 1.39. The van der Waals surface area contributed by atoms with Crippen LogP contribution in [0.15, 0.2) is 24.7 Å². The molecular weight excluding hydrogens is 256 g/mol. The van der Waals surface area contributed by atoms with Crippen molar-refractivity contribution in [2.24, 2.45) is 0 Å². The van der Waals surface area contributed by atoms with E-state index in [9.17, 15) is 9.90 Å². The molecule has 1 aliphatic heterocycles. The van der Waals surface area contributed by atoms with Gasteiger partial charge in [-0.05, 0) is 25.5 Å². The molecule has 0 spiro atoms. The Kier molecular flexibility index (Phi) is 3.64. The van der Waals surface area contributed by atoms with Crippen LogP contribution in [0.5, 0.6) is 0 Å². The van der Waals surface area contributed by atoms with E-state index >= 15 is 0 Å². The predicted molar refractivity (Wildman–Crippen MR) is 73.3 cm³/mol. The predicted octanol–water partition coefficient (Wildman–Crippen LogP) is 1.56. The topological polar surface area (TPSA) is 70.7 Å². The number of carbonyl (C=O) groups is 1. The third-order valence-electron chi connectivity index (χ3n) is 3.80. The minimum atomic E-state index is -0.728. The summed E-state index contributed by atoms with van der Waals surface area (Å²) in [7, 11) is 0. The number of imidazole rings is 1. The van der Waals surface area contributed by atoms with E-state index in [1.807, 2.05) is 27.8 Å². The second-order valence-corrected chi connectivity index (χ2v) is 5.23. The molecule has 1 atom stereocenters. The van der Waals surface area contributed by atoms with Crippen molar-refractivity contribution >= 4 is 11.7 Å². The van der Waals surface area contributed by atoms with Crippen molar-refractivity contribution < 1.29 is 9.90 Å². The van der Waals surface area contributed by atoms with E-state index in [-0.39, 0.29) is 0 Å². The van der Waals surface area contributed by atoms with Gasteiger partial charge in [-0.25, -0.2) is 9.97 Å². The minimum absolute atomic E-state index is 0.393. The maximum Gasteiger partial charge on any atom is 0.320 e. The van der Waals surface area contributed by atoms with Crippen molar-refractivity contribution in [3.63, 3.8) is 0 Å². The average molecular weight is 274 g/mol. The molecule has 6 heteroatoms. The number of carboxylic acids is 1. The zero-order chi connectivity index (χ0) is 13.9. The number of nitrogens with zero attached hydrogens (tertiary/aromatic N) is 4. The van der Waals surface area contributed by atoms with E-state index in [1.54, 1.807) is 6.20 Å². The summed E-state index contributed by atoms with van der Waals surface area (Å²) in [6.07, 6.45) is 9.39. The van der Waals surface area contributed by atoms with Crippen LogP contribution in [0.1, 0.15) is 31.4 Å². The van der Waals surface area contributed by atoms with Gasteiger partial charge in [-0.3, -0.25) is 14.1 Å². The summed E-state index contributed by atoms with van der Waals surface area (Å²) in [5, 5.41) is 9.37. The van der Waals surface area contributed by atoms with E-state index in [2.05, 4.69) is 9.97 Å². The molecule has 2 aromatic rings. The van der Waals surface area contributed by atoms with Gasteiger partial charge >= 0.3 is 5.97 Å². The normalized spacial score (nSPS) is 20.9. The molecule has 2 aromatic heterocycles. The highest BCUT2D eigenvalue weighted by atomic mass is 16.4. The van der Waals surface area contributed by atoms with E-state index in [1.165, 1.54) is 0 Å². The van der Waals surface area contributed by atoms with Crippen LogP contribution < -0.4 is 0 Å². The quantitative estimate of drug-likeness (QED) is 0.919. The lowest BCUT2D eigenvalue weighted by Crippen LogP contribution is -2.40. The van der Waals surface area contributed by atoms with Crippen molar-refractivity contribution in [2.45, 2.75) is 38.3 Å². The number of aliphatic carboxylic acids is 1. The van der Waals surface area contributed by atoms with Crippen LogP contribution in [0, 0.1) is 0 Å². The SMILES string of the molecule is O=C(O)C1CCCCCN1Cc1cn2cccnc2n1. The van der Waals surface area contributed by atoms with E-state index in [4.69, 9.17) is 0 Å². The third kappa shape index (κ3) is 2.65. The maximum atomic E-state index is 11.4. The largest absolute Gasteiger partial charge is 0.480 e. The zero-order valence-corrected chi connectivity index (χ0v) is 11.3. The van der Waals surface area contributed by atoms with Crippen LogP contribution in [0.25, 0.3) is 5.78 Å². The Morgan fingerprint density at radius 3 is 3.10 bits per heavy atom. The summed E-state index contributed by atoms with van der Waals surface area (Å²) in [5.74, 6) is -0.0713. The van der Waals surface area contributed by atoms with Gasteiger partial charge in [-0.15, -0.1) is 0 Å². The zero-order valence-electron chi connectivity index (χ0n) is 11.3. The van der Waals surface area contributed by atoms with Gasteiger partial charge in [0.2, 0.25) is 5.78 Å². The lowest BCUT2D eigenvalue weighted by molar-refractivity contribution is -0.143. The summed E-state index contributed by atoms with van der Waals surface area (Å²) < 4.78 is 1.86. The van der Waals surface area contributed by atoms with Crippen molar-refractivity contribution in [1.29, 1.82) is 0 Å². The Morgan fingerprint density at radius 1 is 1.40 bits per heavy atom. The van der Waals surface area contributed by atoms with Crippen LogP contribution in [0.2, 0.25) is 0 Å². The van der Waals surface area contributed by atoms with E-state index < -0.39 is 12.0 Å². The number of carboxylic acid groups (broad SMARTS) is 1. The van der Waals surface area contributed by atoms with Gasteiger partial charge in [0.1, 0.15) is 6.04 Å². The Bertz CT molecular complexity index is 577. The first-order valence-corrected chi connectivity index (χ1v) is 6.99. The molecule has 1 unspecified atom stereocenters. The second kappa shape index (κ2) is 5.58. The molecule has 3 rings (SSSR count). The first-order chi connectivity index (χ1) is 9.74. The van der Waals surface area contributed by atoms with Crippen molar-refractivity contribution in [3.8, 4) is 0 Å². The first kappa shape index (κ1) is 13.1. The molecule has 3 heterocycles. The van der Waals surface area contributed by atoms with Gasteiger partial charge in [-0.1, -0.05) is 12.8 Å². The number of likely N-dealkylation sites (tertiary alicyclic amines) is 1. The Morgan fingerprint density at radius 2 is 2.30 bits per heavy atom. The summed E-state index contributed by atoms with van der Waals surface area (Å²) >= 11 is 0. The first-order valence-electron chi connectivity index (χ1n) is 6.99. The lowest BCUT2D eigenvalue weighted by Gasteiger charge is -2.25. The molecular formula is C14H18N4O2. The highest BCUT2D eigenvalue weighted by molar-refractivity contribution is 5.73. The summed E-state index contributed by atoms with van der Waals surface area (Å²) in [6, 6.07) is 1.46. The molecule has 0 aromatic carbocycles. The van der Waals surface area contributed by atoms with Crippen LogP contribution >= 0.6 is 0 Å². The molecule has 0 bridgehead atoms. The fourth-order valence-electron chi connectivity index (χ4n) is 2.80. The van der Waals surface area contributed by atoms with Crippen LogP contribution in [0.3, 0.4) is 0 Å². The molecule has 1 aliphatic rings. The molecule has 0 amide bonds. The number of rotatable bonds is 3. The molecule has 0 saturated carbocycles. The maximum absolute atomic E-state index is 11.4. The Balaban J connectivity index is 1.81. The average Bonchev–Trinajstić information content (AvgIpc) is 2.68. The van der Waals surface area contributed by atoms with Crippen LogP contribution in [-0.2, 0) is 11.3 Å². The third-order valence-corrected chi connectivity index (χ3v) is 3.80.